The van der Waals surface area contributed by atoms with Gasteiger partial charge in [0.15, 0.2) is 0 Å². The zero-order valence-electron chi connectivity index (χ0n) is 25.9. The van der Waals surface area contributed by atoms with E-state index < -0.39 is 21.8 Å². The zero-order chi connectivity index (χ0) is 28.7. The molecule has 0 amide bonds. The number of ether oxygens (including phenoxy) is 3. The SMILES string of the molecule is CCCCOc1ccc(CC)[c]([Bi]([c]2cc(OCCCC)ccc2CC)[c]2cc(OCCCC)ccc2CC)c1. The molecule has 0 aliphatic rings. The molecule has 0 aromatic heterocycles. The molecule has 0 aliphatic heterocycles. The first kappa shape index (κ1) is 32.5. The van der Waals surface area contributed by atoms with Crippen molar-refractivity contribution < 1.29 is 14.2 Å². The van der Waals surface area contributed by atoms with Crippen molar-refractivity contribution in [3.63, 3.8) is 0 Å². The van der Waals surface area contributed by atoms with Crippen molar-refractivity contribution in [1.29, 1.82) is 0 Å². The quantitative estimate of drug-likeness (QED) is 0.100. The standard InChI is InChI=1S/3C12H17O.Bi/c3*1-3-5-10-13-12-8-6-11(4-2)7-9-12;/h3*6,8-9H,3-5,10H2,1-2H3;. The summed E-state index contributed by atoms with van der Waals surface area (Å²) < 4.78 is 23.4. The molecule has 3 aromatic carbocycles. The summed E-state index contributed by atoms with van der Waals surface area (Å²) in [7, 11) is 0. The van der Waals surface area contributed by atoms with Crippen LogP contribution in [0.25, 0.3) is 0 Å². The topological polar surface area (TPSA) is 27.7 Å². The van der Waals surface area contributed by atoms with Crippen LogP contribution in [0.4, 0.5) is 0 Å². The second-order valence-electron chi connectivity index (χ2n) is 10.4. The molecular formula is C36H51BiO3. The van der Waals surface area contributed by atoms with E-state index >= 15 is 0 Å². The van der Waals surface area contributed by atoms with Crippen LogP contribution in [-0.4, -0.2) is 41.6 Å². The van der Waals surface area contributed by atoms with Crippen LogP contribution in [-0.2, 0) is 19.3 Å². The Balaban J connectivity index is 2.24. The Kier molecular flexibility index (Phi) is 14.4. The molecule has 0 radical (unpaired) electrons. The molecule has 0 aliphatic carbocycles. The molecule has 0 fully saturated rings. The minimum atomic E-state index is -2.85. The molecule has 0 atom stereocenters. The Labute approximate surface area is 252 Å². The van der Waals surface area contributed by atoms with Crippen molar-refractivity contribution in [2.24, 2.45) is 0 Å². The zero-order valence-corrected chi connectivity index (χ0v) is 29.3. The van der Waals surface area contributed by atoms with Gasteiger partial charge in [-0.3, -0.25) is 0 Å². The molecule has 0 saturated carbocycles. The third-order valence-corrected chi connectivity index (χ3v) is 17.8. The monoisotopic (exact) mass is 740 g/mol. The van der Waals surface area contributed by atoms with E-state index in [4.69, 9.17) is 14.2 Å². The summed E-state index contributed by atoms with van der Waals surface area (Å²) in [6, 6.07) is 20.7. The van der Waals surface area contributed by atoms with Crippen LogP contribution in [0.5, 0.6) is 17.2 Å². The van der Waals surface area contributed by atoms with E-state index in [2.05, 4.69) is 96.1 Å². The van der Waals surface area contributed by atoms with Crippen molar-refractivity contribution in [1.82, 2.24) is 0 Å². The molecule has 3 nitrogen and oxygen atoms in total. The minimum absolute atomic E-state index is 0.767. The normalized spacial score (nSPS) is 11.2. The summed E-state index contributed by atoms with van der Waals surface area (Å²) in [6.07, 6.45) is 9.67. The van der Waals surface area contributed by atoms with Crippen LogP contribution in [0, 0.1) is 0 Å². The van der Waals surface area contributed by atoms with E-state index in [1.807, 2.05) is 0 Å². The summed E-state index contributed by atoms with van der Waals surface area (Å²) in [6.45, 7) is 15.8. The number of hydrogen-bond acceptors (Lipinski definition) is 3. The number of aryl methyl sites for hydroxylation is 3. The first-order chi connectivity index (χ1) is 19.6. The summed E-state index contributed by atoms with van der Waals surface area (Å²) in [5.74, 6) is 3.01. The second kappa shape index (κ2) is 17.7. The van der Waals surface area contributed by atoms with Gasteiger partial charge in [0, 0.05) is 0 Å². The number of benzene rings is 3. The van der Waals surface area contributed by atoms with Crippen molar-refractivity contribution >= 4 is 31.6 Å². The Morgan fingerprint density at radius 2 is 0.750 bits per heavy atom. The number of rotatable bonds is 18. The van der Waals surface area contributed by atoms with E-state index in [0.717, 1.165) is 94.9 Å². The maximum atomic E-state index is 6.28. The van der Waals surface area contributed by atoms with Gasteiger partial charge >= 0.3 is 253 Å². The second-order valence-corrected chi connectivity index (χ2v) is 18.6. The van der Waals surface area contributed by atoms with Crippen molar-refractivity contribution in [2.75, 3.05) is 19.8 Å². The van der Waals surface area contributed by atoms with Gasteiger partial charge in [-0.2, -0.15) is 0 Å². The fraction of sp³-hybridized carbons (Fsp3) is 0.500. The van der Waals surface area contributed by atoms with Gasteiger partial charge < -0.3 is 0 Å². The predicted molar refractivity (Wildman–Crippen MR) is 173 cm³/mol. The van der Waals surface area contributed by atoms with Crippen LogP contribution in [0.1, 0.15) is 96.8 Å². The average molecular weight is 741 g/mol. The Hall–Kier alpha value is -2.06. The molecule has 4 heteroatoms. The Morgan fingerprint density at radius 1 is 0.450 bits per heavy atom. The summed E-state index contributed by atoms with van der Waals surface area (Å²) in [4.78, 5) is 0. The molecule has 40 heavy (non-hydrogen) atoms. The summed E-state index contributed by atoms with van der Waals surface area (Å²) in [5, 5.41) is 0. The predicted octanol–water partition coefficient (Wildman–Crippen LogP) is 7.43. The van der Waals surface area contributed by atoms with Gasteiger partial charge in [-0.15, -0.1) is 0 Å². The van der Waals surface area contributed by atoms with Crippen LogP contribution >= 0.6 is 0 Å². The molecule has 0 saturated heterocycles. The molecular weight excluding hydrogens is 689 g/mol. The maximum absolute atomic E-state index is 6.28. The third kappa shape index (κ3) is 8.97. The van der Waals surface area contributed by atoms with Gasteiger partial charge in [0.05, 0.1) is 0 Å². The van der Waals surface area contributed by atoms with Crippen molar-refractivity contribution in [3.8, 4) is 17.2 Å². The molecule has 218 valence electrons. The first-order valence-corrected chi connectivity index (χ1v) is 20.9. The van der Waals surface area contributed by atoms with Crippen LogP contribution in [0.3, 0.4) is 0 Å². The van der Waals surface area contributed by atoms with Crippen molar-refractivity contribution in [2.45, 2.75) is 99.3 Å². The van der Waals surface area contributed by atoms with Gasteiger partial charge in [-0.05, 0) is 0 Å². The molecule has 0 unspecified atom stereocenters. The first-order valence-electron chi connectivity index (χ1n) is 15.7. The average Bonchev–Trinajstić information content (AvgIpc) is 2.98. The van der Waals surface area contributed by atoms with E-state index in [0.29, 0.717) is 0 Å². The summed E-state index contributed by atoms with van der Waals surface area (Å²) in [5.41, 5.74) is 4.33. The van der Waals surface area contributed by atoms with Crippen molar-refractivity contribution in [3.05, 3.63) is 71.3 Å². The Bertz CT molecular complexity index is 1030. The number of unbranched alkanes of at least 4 members (excludes halogenated alkanes) is 3. The summed E-state index contributed by atoms with van der Waals surface area (Å²) >= 11 is -2.85. The van der Waals surface area contributed by atoms with Gasteiger partial charge in [0.1, 0.15) is 0 Å². The fourth-order valence-corrected chi connectivity index (χ4v) is 16.9. The number of hydrogen-bond donors (Lipinski definition) is 0. The molecule has 0 spiro atoms. The van der Waals surface area contributed by atoms with Crippen LogP contribution in [0.15, 0.2) is 54.6 Å². The van der Waals surface area contributed by atoms with Crippen LogP contribution in [0.2, 0.25) is 0 Å². The molecule has 3 rings (SSSR count). The van der Waals surface area contributed by atoms with Gasteiger partial charge in [-0.25, -0.2) is 0 Å². The van der Waals surface area contributed by atoms with E-state index in [1.54, 1.807) is 0 Å². The van der Waals surface area contributed by atoms with E-state index in [-0.39, 0.29) is 0 Å². The van der Waals surface area contributed by atoms with Gasteiger partial charge in [0.2, 0.25) is 0 Å². The molecule has 0 bridgehead atoms. The van der Waals surface area contributed by atoms with Gasteiger partial charge in [-0.1, -0.05) is 0 Å². The third-order valence-electron chi connectivity index (χ3n) is 7.34. The van der Waals surface area contributed by atoms with Crippen LogP contribution < -0.4 is 24.0 Å². The molecule has 0 N–H and O–H groups in total. The fourth-order valence-electron chi connectivity index (χ4n) is 4.81. The van der Waals surface area contributed by atoms with E-state index in [1.165, 1.54) is 26.5 Å². The molecule has 3 aromatic rings. The van der Waals surface area contributed by atoms with E-state index in [9.17, 15) is 0 Å². The van der Waals surface area contributed by atoms with Gasteiger partial charge in [0.25, 0.3) is 0 Å². The Morgan fingerprint density at radius 3 is 1.00 bits per heavy atom. The molecule has 0 heterocycles.